The molecule has 2 aromatic rings. The summed E-state index contributed by atoms with van der Waals surface area (Å²) in [5.41, 5.74) is 0.484. The quantitative estimate of drug-likeness (QED) is 0.321. The van der Waals surface area contributed by atoms with Gasteiger partial charge in [0.05, 0.1) is 22.7 Å². The predicted octanol–water partition coefficient (Wildman–Crippen LogP) is 4.41. The Labute approximate surface area is 144 Å². The SMILES string of the molecule is O=[N+]([O-])c1ccc(OPOCCC(O)c2ccc(F)c(Cl)c2)cc1. The summed E-state index contributed by atoms with van der Waals surface area (Å²) in [5.74, 6) is -0.0911. The van der Waals surface area contributed by atoms with Crippen LogP contribution in [0.1, 0.15) is 18.1 Å². The number of nitro benzene ring substituents is 1. The Morgan fingerprint density at radius 3 is 2.62 bits per heavy atom. The highest BCUT2D eigenvalue weighted by Crippen LogP contribution is 2.26. The van der Waals surface area contributed by atoms with E-state index in [0.29, 0.717) is 17.7 Å². The molecule has 0 aliphatic heterocycles. The molecule has 0 bridgehead atoms. The second kappa shape index (κ2) is 8.89. The Balaban J connectivity index is 1.70. The average Bonchev–Trinajstić information content (AvgIpc) is 2.57. The molecule has 6 nitrogen and oxygen atoms in total. The molecule has 0 aromatic heterocycles. The zero-order chi connectivity index (χ0) is 17.5. The van der Waals surface area contributed by atoms with Crippen molar-refractivity contribution in [3.8, 4) is 5.75 Å². The molecule has 0 aliphatic rings. The maximum Gasteiger partial charge on any atom is 0.269 e. The van der Waals surface area contributed by atoms with Crippen molar-refractivity contribution in [3.05, 3.63) is 69.0 Å². The Morgan fingerprint density at radius 1 is 1.29 bits per heavy atom. The summed E-state index contributed by atoms with van der Waals surface area (Å²) in [5, 5.41) is 20.4. The molecule has 128 valence electrons. The lowest BCUT2D eigenvalue weighted by Crippen LogP contribution is -2.01. The Kier molecular flexibility index (Phi) is 6.87. The molecule has 2 aromatic carbocycles. The number of non-ortho nitro benzene ring substituents is 1. The number of rotatable bonds is 8. The zero-order valence-corrected chi connectivity index (χ0v) is 14.1. The molecule has 0 radical (unpaired) electrons. The minimum Gasteiger partial charge on any atom is -0.450 e. The maximum absolute atomic E-state index is 13.1. The van der Waals surface area contributed by atoms with Crippen molar-refractivity contribution >= 4 is 26.3 Å². The van der Waals surface area contributed by atoms with Gasteiger partial charge in [-0.05, 0) is 29.8 Å². The summed E-state index contributed by atoms with van der Waals surface area (Å²) < 4.78 is 23.6. The Morgan fingerprint density at radius 2 is 2.00 bits per heavy atom. The van der Waals surface area contributed by atoms with E-state index in [1.165, 1.54) is 42.5 Å². The molecular formula is C15H14ClFNO5P. The van der Waals surface area contributed by atoms with Gasteiger partial charge in [-0.3, -0.25) is 10.1 Å². The van der Waals surface area contributed by atoms with Crippen molar-refractivity contribution in [1.29, 1.82) is 0 Å². The summed E-state index contributed by atoms with van der Waals surface area (Å²) in [6, 6.07) is 9.65. The van der Waals surface area contributed by atoms with Crippen LogP contribution >= 0.6 is 20.6 Å². The number of aliphatic hydroxyl groups is 1. The van der Waals surface area contributed by atoms with Crippen LogP contribution in [0.3, 0.4) is 0 Å². The molecule has 2 unspecified atom stereocenters. The monoisotopic (exact) mass is 373 g/mol. The van der Waals surface area contributed by atoms with Gasteiger partial charge in [0, 0.05) is 18.6 Å². The van der Waals surface area contributed by atoms with Gasteiger partial charge in [-0.1, -0.05) is 17.7 Å². The topological polar surface area (TPSA) is 81.8 Å². The largest absolute Gasteiger partial charge is 0.450 e. The highest BCUT2D eigenvalue weighted by Gasteiger charge is 2.10. The molecule has 9 heteroatoms. The standard InChI is InChI=1S/C15H14ClFNO5P/c16-13-9-10(1-6-14(13)17)15(19)7-8-22-24-23-12-4-2-11(3-5-12)18(20)21/h1-6,9,15,19,24H,7-8H2. The summed E-state index contributed by atoms with van der Waals surface area (Å²) in [6.45, 7) is 0.224. The zero-order valence-electron chi connectivity index (χ0n) is 12.3. The summed E-state index contributed by atoms with van der Waals surface area (Å²) in [7, 11) is -0.313. The summed E-state index contributed by atoms with van der Waals surface area (Å²) >= 11 is 5.66. The summed E-state index contributed by atoms with van der Waals surface area (Å²) in [4.78, 5) is 10.0. The third-order valence-corrected chi connectivity index (χ3v) is 4.02. The molecule has 1 N–H and O–H groups in total. The molecule has 2 atom stereocenters. The first-order valence-corrected chi connectivity index (χ1v) is 8.08. The van der Waals surface area contributed by atoms with Gasteiger partial charge in [0.25, 0.3) is 5.69 Å². The van der Waals surface area contributed by atoms with E-state index in [0.717, 1.165) is 0 Å². The first-order chi connectivity index (χ1) is 11.5. The van der Waals surface area contributed by atoms with E-state index in [9.17, 15) is 19.6 Å². The molecule has 0 amide bonds. The second-order valence-corrected chi connectivity index (χ2v) is 5.83. The maximum atomic E-state index is 13.1. The van der Waals surface area contributed by atoms with E-state index < -0.39 is 16.8 Å². The first-order valence-electron chi connectivity index (χ1n) is 6.88. The van der Waals surface area contributed by atoms with E-state index >= 15 is 0 Å². The average molecular weight is 374 g/mol. The van der Waals surface area contributed by atoms with E-state index in [4.69, 9.17) is 20.6 Å². The van der Waals surface area contributed by atoms with Gasteiger partial charge in [0.1, 0.15) is 11.6 Å². The fraction of sp³-hybridized carbons (Fsp3) is 0.200. The lowest BCUT2D eigenvalue weighted by Gasteiger charge is -2.12. The van der Waals surface area contributed by atoms with Gasteiger partial charge < -0.3 is 14.2 Å². The molecule has 0 heterocycles. The number of nitrogens with zero attached hydrogens (tertiary/aromatic N) is 1. The van der Waals surface area contributed by atoms with Gasteiger partial charge in [-0.15, -0.1) is 0 Å². The number of hydrogen-bond donors (Lipinski definition) is 1. The Hall–Kier alpha value is -1.79. The van der Waals surface area contributed by atoms with Gasteiger partial charge >= 0.3 is 0 Å². The van der Waals surface area contributed by atoms with Gasteiger partial charge in [0.15, 0.2) is 0 Å². The van der Waals surface area contributed by atoms with Crippen LogP contribution in [0.15, 0.2) is 42.5 Å². The smallest absolute Gasteiger partial charge is 0.269 e. The highest BCUT2D eigenvalue weighted by atomic mass is 35.5. The minimum absolute atomic E-state index is 0.0207. The predicted molar refractivity (Wildman–Crippen MR) is 89.0 cm³/mol. The van der Waals surface area contributed by atoms with Crippen LogP contribution in [0.25, 0.3) is 0 Å². The van der Waals surface area contributed by atoms with Crippen LogP contribution in [0.5, 0.6) is 5.75 Å². The number of aliphatic hydroxyl groups excluding tert-OH is 1. The van der Waals surface area contributed by atoms with E-state index in [-0.39, 0.29) is 26.4 Å². The third kappa shape index (κ3) is 5.39. The van der Waals surface area contributed by atoms with E-state index in [1.54, 1.807) is 0 Å². The van der Waals surface area contributed by atoms with Crippen LogP contribution in [-0.2, 0) is 4.52 Å². The molecule has 0 fully saturated rings. The molecular weight excluding hydrogens is 360 g/mol. The molecule has 24 heavy (non-hydrogen) atoms. The number of halogens is 2. The van der Waals surface area contributed by atoms with Crippen LogP contribution in [0, 0.1) is 15.9 Å². The molecule has 0 saturated carbocycles. The van der Waals surface area contributed by atoms with Crippen molar-refractivity contribution in [1.82, 2.24) is 0 Å². The van der Waals surface area contributed by atoms with Crippen molar-refractivity contribution in [3.63, 3.8) is 0 Å². The summed E-state index contributed by atoms with van der Waals surface area (Å²) in [6.07, 6.45) is -0.536. The van der Waals surface area contributed by atoms with Crippen LogP contribution in [0.4, 0.5) is 10.1 Å². The molecule has 0 spiro atoms. The van der Waals surface area contributed by atoms with Crippen LogP contribution in [-0.4, -0.2) is 16.6 Å². The first kappa shape index (κ1) is 18.5. The van der Waals surface area contributed by atoms with Crippen molar-refractivity contribution in [2.45, 2.75) is 12.5 Å². The number of hydrogen-bond acceptors (Lipinski definition) is 5. The lowest BCUT2D eigenvalue weighted by atomic mass is 10.1. The van der Waals surface area contributed by atoms with Gasteiger partial charge in [0.2, 0.25) is 9.03 Å². The van der Waals surface area contributed by atoms with Gasteiger partial charge in [-0.2, -0.15) is 0 Å². The fourth-order valence-electron chi connectivity index (χ4n) is 1.81. The number of nitro groups is 1. The number of benzene rings is 2. The van der Waals surface area contributed by atoms with Crippen LogP contribution in [0.2, 0.25) is 5.02 Å². The van der Waals surface area contributed by atoms with Crippen molar-refractivity contribution in [2.75, 3.05) is 6.61 Å². The normalized spacial score (nSPS) is 12.5. The van der Waals surface area contributed by atoms with Crippen molar-refractivity contribution in [2.24, 2.45) is 0 Å². The molecule has 2 rings (SSSR count). The third-order valence-electron chi connectivity index (χ3n) is 3.09. The Bertz CT molecular complexity index is 701. The van der Waals surface area contributed by atoms with E-state index in [1.807, 2.05) is 0 Å². The minimum atomic E-state index is -0.827. The lowest BCUT2D eigenvalue weighted by molar-refractivity contribution is -0.384. The highest BCUT2D eigenvalue weighted by molar-refractivity contribution is 7.26. The van der Waals surface area contributed by atoms with Gasteiger partial charge in [-0.25, -0.2) is 4.39 Å². The fourth-order valence-corrected chi connectivity index (χ4v) is 2.49. The second-order valence-electron chi connectivity index (χ2n) is 4.76. The van der Waals surface area contributed by atoms with Crippen LogP contribution < -0.4 is 4.52 Å². The van der Waals surface area contributed by atoms with Crippen molar-refractivity contribution < 1.29 is 23.5 Å². The van der Waals surface area contributed by atoms with E-state index in [2.05, 4.69) is 0 Å². The molecule has 0 aliphatic carbocycles. The molecule has 0 saturated heterocycles.